The lowest BCUT2D eigenvalue weighted by Gasteiger charge is -2.30. The molecule has 7 heteroatoms. The van der Waals surface area contributed by atoms with E-state index in [-0.39, 0.29) is 16.6 Å². The summed E-state index contributed by atoms with van der Waals surface area (Å²) in [4.78, 5) is 25.6. The van der Waals surface area contributed by atoms with Crippen molar-refractivity contribution in [1.82, 2.24) is 0 Å². The molecule has 0 radical (unpaired) electrons. The Hall–Kier alpha value is -2.67. The molecule has 0 saturated heterocycles. The lowest BCUT2D eigenvalue weighted by molar-refractivity contribution is -0.118. The summed E-state index contributed by atoms with van der Waals surface area (Å²) in [5, 5.41) is 0. The minimum absolute atomic E-state index is 0.0916. The number of carbonyl (C=O) groups excluding carboxylic acids is 2. The van der Waals surface area contributed by atoms with E-state index in [1.54, 1.807) is 17.0 Å². The van der Waals surface area contributed by atoms with E-state index >= 15 is 0 Å². The Balaban J connectivity index is 1.82. The molecule has 0 saturated carbocycles. The predicted molar refractivity (Wildman–Crippen MR) is 114 cm³/mol. The number of hydrogen-bond acceptors (Lipinski definition) is 4. The molecule has 29 heavy (non-hydrogen) atoms. The van der Waals surface area contributed by atoms with Crippen molar-refractivity contribution in [3.8, 4) is 0 Å². The van der Waals surface area contributed by atoms with E-state index in [1.807, 2.05) is 6.07 Å². The van der Waals surface area contributed by atoms with Crippen LogP contribution in [-0.4, -0.2) is 26.7 Å². The Morgan fingerprint density at radius 1 is 1.10 bits per heavy atom. The van der Waals surface area contributed by atoms with Crippen molar-refractivity contribution in [3.63, 3.8) is 0 Å². The van der Waals surface area contributed by atoms with Gasteiger partial charge in [0.15, 0.2) is 5.78 Å². The van der Waals surface area contributed by atoms with Crippen LogP contribution in [-0.2, 0) is 21.2 Å². The number of amides is 1. The zero-order valence-electron chi connectivity index (χ0n) is 16.9. The highest BCUT2D eigenvalue weighted by Gasteiger charge is 2.25. The molecule has 0 fully saturated rings. The zero-order chi connectivity index (χ0) is 21.2. The number of rotatable bonds is 7. The molecule has 1 N–H and O–H groups in total. The van der Waals surface area contributed by atoms with Gasteiger partial charge in [-0.05, 0) is 61.6 Å². The summed E-state index contributed by atoms with van der Waals surface area (Å²) in [6, 6.07) is 11.1. The van der Waals surface area contributed by atoms with E-state index < -0.39 is 10.0 Å². The number of nitrogens with zero attached hydrogens (tertiary/aromatic N) is 1. The molecular formula is C22H26N2O4S. The van der Waals surface area contributed by atoms with Crippen molar-refractivity contribution >= 4 is 33.1 Å². The van der Waals surface area contributed by atoms with Crippen molar-refractivity contribution in [2.24, 2.45) is 5.92 Å². The molecule has 1 heterocycles. The monoisotopic (exact) mass is 414 g/mol. The first kappa shape index (κ1) is 21.0. The average molecular weight is 415 g/mol. The fourth-order valence-corrected chi connectivity index (χ4v) is 4.39. The van der Waals surface area contributed by atoms with Gasteiger partial charge in [0.05, 0.1) is 4.90 Å². The second kappa shape index (κ2) is 8.37. The van der Waals surface area contributed by atoms with Crippen LogP contribution in [0.3, 0.4) is 0 Å². The number of sulfonamides is 1. The molecule has 0 aromatic heterocycles. The van der Waals surface area contributed by atoms with Crippen molar-refractivity contribution in [2.75, 3.05) is 16.2 Å². The standard InChI is InChI=1S/C22H26N2O4S/c1-15(2)12-13-24-21-10-7-19(14-18(21)6-11-22(24)26)23-29(27,28)20-8-4-17(5-9-20)16(3)25/h4-5,7-10,14-15,23H,6,11-13H2,1-3H3. The summed E-state index contributed by atoms with van der Waals surface area (Å²) in [5.41, 5.74) is 2.73. The lowest BCUT2D eigenvalue weighted by Crippen LogP contribution is -2.36. The van der Waals surface area contributed by atoms with E-state index in [0.717, 1.165) is 17.7 Å². The summed E-state index contributed by atoms with van der Waals surface area (Å²) >= 11 is 0. The number of carbonyl (C=O) groups is 2. The fourth-order valence-electron chi connectivity index (χ4n) is 3.34. The minimum atomic E-state index is -3.77. The van der Waals surface area contributed by atoms with Gasteiger partial charge in [0, 0.05) is 29.9 Å². The maximum atomic E-state index is 12.7. The minimum Gasteiger partial charge on any atom is -0.312 e. The first-order chi connectivity index (χ1) is 13.7. The third kappa shape index (κ3) is 4.85. The highest BCUT2D eigenvalue weighted by atomic mass is 32.2. The third-order valence-corrected chi connectivity index (χ3v) is 6.43. The lowest BCUT2D eigenvalue weighted by atomic mass is 9.99. The van der Waals surface area contributed by atoms with Gasteiger partial charge in [-0.1, -0.05) is 26.0 Å². The van der Waals surface area contributed by atoms with Crippen LogP contribution >= 0.6 is 0 Å². The fraction of sp³-hybridized carbons (Fsp3) is 0.364. The number of nitrogens with one attached hydrogen (secondary N) is 1. The first-order valence-corrected chi connectivity index (χ1v) is 11.2. The predicted octanol–water partition coefficient (Wildman–Crippen LogP) is 4.02. The molecule has 0 bridgehead atoms. The molecule has 2 aromatic carbocycles. The highest BCUT2D eigenvalue weighted by Crippen LogP contribution is 2.31. The molecule has 1 aliphatic heterocycles. The van der Waals surface area contributed by atoms with Gasteiger partial charge in [0.25, 0.3) is 10.0 Å². The molecule has 1 aliphatic rings. The van der Waals surface area contributed by atoms with Crippen LogP contribution < -0.4 is 9.62 Å². The Morgan fingerprint density at radius 3 is 2.41 bits per heavy atom. The second-order valence-electron chi connectivity index (χ2n) is 7.76. The Kier molecular flexibility index (Phi) is 6.07. The van der Waals surface area contributed by atoms with Crippen LogP contribution in [0.5, 0.6) is 0 Å². The van der Waals surface area contributed by atoms with Gasteiger partial charge in [-0.2, -0.15) is 0 Å². The molecule has 0 aliphatic carbocycles. The van der Waals surface area contributed by atoms with Crippen LogP contribution in [0.4, 0.5) is 11.4 Å². The molecule has 6 nitrogen and oxygen atoms in total. The van der Waals surface area contributed by atoms with Crippen LogP contribution in [0.25, 0.3) is 0 Å². The van der Waals surface area contributed by atoms with Crippen LogP contribution in [0.1, 0.15) is 49.5 Å². The molecule has 3 rings (SSSR count). The molecule has 1 amide bonds. The maximum absolute atomic E-state index is 12.7. The number of hydrogen-bond donors (Lipinski definition) is 1. The average Bonchev–Trinajstić information content (AvgIpc) is 2.67. The van der Waals surface area contributed by atoms with Gasteiger partial charge in [-0.15, -0.1) is 0 Å². The van der Waals surface area contributed by atoms with E-state index in [1.165, 1.54) is 31.2 Å². The van der Waals surface area contributed by atoms with Gasteiger partial charge in [0.2, 0.25) is 5.91 Å². The largest absolute Gasteiger partial charge is 0.312 e. The van der Waals surface area contributed by atoms with Gasteiger partial charge < -0.3 is 4.90 Å². The number of ketones is 1. The van der Waals surface area contributed by atoms with E-state index in [2.05, 4.69) is 18.6 Å². The quantitative estimate of drug-likeness (QED) is 0.694. The molecule has 154 valence electrons. The highest BCUT2D eigenvalue weighted by molar-refractivity contribution is 7.92. The van der Waals surface area contributed by atoms with Gasteiger partial charge in [0.1, 0.15) is 0 Å². The summed E-state index contributed by atoms with van der Waals surface area (Å²) in [6.07, 6.45) is 1.93. The zero-order valence-corrected chi connectivity index (χ0v) is 17.8. The summed E-state index contributed by atoms with van der Waals surface area (Å²) < 4.78 is 28.0. The number of fused-ring (bicyclic) bond motifs is 1. The van der Waals surface area contributed by atoms with Crippen LogP contribution in [0, 0.1) is 5.92 Å². The summed E-state index contributed by atoms with van der Waals surface area (Å²) in [6.45, 7) is 6.34. The number of Topliss-reactive ketones (excluding diaryl/α,β-unsaturated/α-hetero) is 1. The van der Waals surface area contributed by atoms with Crippen molar-refractivity contribution in [1.29, 1.82) is 0 Å². The van der Waals surface area contributed by atoms with Crippen LogP contribution in [0.15, 0.2) is 47.4 Å². The smallest absolute Gasteiger partial charge is 0.261 e. The Labute approximate surface area is 172 Å². The topological polar surface area (TPSA) is 83.5 Å². The molecular weight excluding hydrogens is 388 g/mol. The van der Waals surface area contributed by atoms with Gasteiger partial charge in [-0.25, -0.2) is 8.42 Å². The first-order valence-electron chi connectivity index (χ1n) is 9.74. The van der Waals surface area contributed by atoms with Crippen molar-refractivity contribution in [3.05, 3.63) is 53.6 Å². The third-order valence-electron chi connectivity index (χ3n) is 5.03. The number of aryl methyl sites for hydroxylation is 1. The van der Waals surface area contributed by atoms with E-state index in [0.29, 0.717) is 36.6 Å². The van der Waals surface area contributed by atoms with Gasteiger partial charge >= 0.3 is 0 Å². The molecule has 0 spiro atoms. The van der Waals surface area contributed by atoms with E-state index in [9.17, 15) is 18.0 Å². The SMILES string of the molecule is CC(=O)c1ccc(S(=O)(=O)Nc2ccc3c(c2)CCC(=O)N3CCC(C)C)cc1. The van der Waals surface area contributed by atoms with Crippen LogP contribution in [0.2, 0.25) is 0 Å². The van der Waals surface area contributed by atoms with Crippen molar-refractivity contribution in [2.45, 2.75) is 44.9 Å². The number of anilines is 2. The summed E-state index contributed by atoms with van der Waals surface area (Å²) in [7, 11) is -3.77. The Morgan fingerprint density at radius 2 is 1.79 bits per heavy atom. The van der Waals surface area contributed by atoms with E-state index in [4.69, 9.17) is 0 Å². The molecule has 2 aromatic rings. The molecule has 0 atom stereocenters. The second-order valence-corrected chi connectivity index (χ2v) is 9.44. The normalized spacial score (nSPS) is 14.1. The number of benzene rings is 2. The molecule has 0 unspecified atom stereocenters. The maximum Gasteiger partial charge on any atom is 0.261 e. The van der Waals surface area contributed by atoms with Gasteiger partial charge in [-0.3, -0.25) is 14.3 Å². The van der Waals surface area contributed by atoms with Crippen molar-refractivity contribution < 1.29 is 18.0 Å². The Bertz CT molecular complexity index is 1030. The summed E-state index contributed by atoms with van der Waals surface area (Å²) in [5.74, 6) is 0.485.